The van der Waals surface area contributed by atoms with Crippen molar-refractivity contribution in [2.24, 2.45) is 0 Å². The number of methoxy groups -OCH3 is 1. The Bertz CT molecular complexity index is 540. The van der Waals surface area contributed by atoms with Gasteiger partial charge in [0.05, 0.1) is 17.6 Å². The molecule has 1 aromatic rings. The fourth-order valence-electron chi connectivity index (χ4n) is 1.55. The van der Waals surface area contributed by atoms with Crippen molar-refractivity contribution < 1.29 is 18.3 Å². The van der Waals surface area contributed by atoms with Crippen LogP contribution in [0.2, 0.25) is 5.02 Å². The van der Waals surface area contributed by atoms with E-state index in [4.69, 9.17) is 22.1 Å². The smallest absolute Gasteiger partial charge is 0.240 e. The van der Waals surface area contributed by atoms with E-state index in [-0.39, 0.29) is 24.5 Å². The van der Waals surface area contributed by atoms with Crippen molar-refractivity contribution in [1.82, 2.24) is 4.72 Å². The van der Waals surface area contributed by atoms with Crippen LogP contribution >= 0.6 is 11.6 Å². The molecule has 0 aliphatic carbocycles. The minimum absolute atomic E-state index is 0.00633. The van der Waals surface area contributed by atoms with E-state index in [0.29, 0.717) is 16.3 Å². The molecule has 20 heavy (non-hydrogen) atoms. The zero-order valence-corrected chi connectivity index (χ0v) is 13.0. The highest BCUT2D eigenvalue weighted by atomic mass is 35.5. The van der Waals surface area contributed by atoms with E-state index in [9.17, 15) is 13.5 Å². The van der Waals surface area contributed by atoms with E-state index in [2.05, 4.69) is 4.72 Å². The van der Waals surface area contributed by atoms with Gasteiger partial charge in [-0.15, -0.1) is 0 Å². The second kappa shape index (κ2) is 7.24. The zero-order chi connectivity index (χ0) is 15.3. The summed E-state index contributed by atoms with van der Waals surface area (Å²) in [6, 6.07) is 2.70. The quantitative estimate of drug-likeness (QED) is 0.648. The number of nitrogens with one attached hydrogen (secondary N) is 1. The lowest BCUT2D eigenvalue weighted by Gasteiger charge is -2.12. The van der Waals surface area contributed by atoms with Crippen LogP contribution < -0.4 is 10.5 Å². The number of rotatable bonds is 7. The van der Waals surface area contributed by atoms with Gasteiger partial charge in [0.25, 0.3) is 0 Å². The molecule has 0 spiro atoms. The first kappa shape index (κ1) is 17.2. The highest BCUT2D eigenvalue weighted by Crippen LogP contribution is 2.25. The number of nitrogen functional groups attached to an aromatic ring is 1. The Balaban J connectivity index is 2.75. The molecule has 114 valence electrons. The maximum atomic E-state index is 12.0. The summed E-state index contributed by atoms with van der Waals surface area (Å²) in [5, 5.41) is 9.74. The molecule has 1 unspecified atom stereocenters. The topological polar surface area (TPSA) is 102 Å². The normalized spacial score (nSPS) is 13.4. The number of halogens is 1. The maximum Gasteiger partial charge on any atom is 0.240 e. The molecule has 1 atom stereocenters. The van der Waals surface area contributed by atoms with Gasteiger partial charge in [-0.25, -0.2) is 13.1 Å². The molecule has 0 amide bonds. The molecule has 0 fully saturated rings. The molecule has 0 aromatic heterocycles. The number of anilines is 1. The molecule has 8 heteroatoms. The summed E-state index contributed by atoms with van der Waals surface area (Å²) in [5.74, 6) is 0. The van der Waals surface area contributed by atoms with Crippen molar-refractivity contribution in [3.63, 3.8) is 0 Å². The number of ether oxygens (including phenoxy) is 1. The molecule has 0 saturated carbocycles. The van der Waals surface area contributed by atoms with E-state index in [0.717, 1.165) is 0 Å². The van der Waals surface area contributed by atoms with Crippen molar-refractivity contribution in [3.05, 3.63) is 22.7 Å². The van der Waals surface area contributed by atoms with Crippen molar-refractivity contribution >= 4 is 27.3 Å². The molecule has 0 aliphatic heterocycles. The molecule has 0 saturated heterocycles. The first-order valence-electron chi connectivity index (χ1n) is 6.00. The lowest BCUT2D eigenvalue weighted by molar-refractivity contribution is 0.0603. The highest BCUT2D eigenvalue weighted by molar-refractivity contribution is 7.89. The Kier molecular flexibility index (Phi) is 6.22. The third-order valence-corrected chi connectivity index (χ3v) is 4.63. The van der Waals surface area contributed by atoms with Crippen LogP contribution in [0.1, 0.15) is 12.0 Å². The average molecular weight is 323 g/mol. The molecule has 4 N–H and O–H groups in total. The summed E-state index contributed by atoms with van der Waals surface area (Å²) < 4.78 is 31.2. The Morgan fingerprint density at radius 3 is 2.70 bits per heavy atom. The lowest BCUT2D eigenvalue weighted by Crippen LogP contribution is -2.28. The summed E-state index contributed by atoms with van der Waals surface area (Å²) in [6.07, 6.45) is -0.461. The largest absolute Gasteiger partial charge is 0.398 e. The highest BCUT2D eigenvalue weighted by Gasteiger charge is 2.17. The summed E-state index contributed by atoms with van der Waals surface area (Å²) in [6.45, 7) is 1.96. The van der Waals surface area contributed by atoms with E-state index in [1.54, 1.807) is 6.92 Å². The summed E-state index contributed by atoms with van der Waals surface area (Å²) in [7, 11) is -2.24. The number of nitrogens with two attached hydrogens (primary N) is 1. The third kappa shape index (κ3) is 4.60. The van der Waals surface area contributed by atoms with Crippen LogP contribution in [0.15, 0.2) is 17.0 Å². The van der Waals surface area contributed by atoms with Crippen LogP contribution in [0.3, 0.4) is 0 Å². The molecule has 1 aromatic carbocycles. The standard InChI is InChI=1S/C12H19ClN2O4S/c1-8-11(13)5-10(6-12(8)14)20(17,18)15-4-3-9(16)7-19-2/h5-6,9,15-16H,3-4,7,14H2,1-2H3. The van der Waals surface area contributed by atoms with E-state index in [1.165, 1.54) is 19.2 Å². The first-order chi connectivity index (χ1) is 9.27. The molecular formula is C12H19ClN2O4S. The van der Waals surface area contributed by atoms with Crippen molar-refractivity contribution in [2.45, 2.75) is 24.3 Å². The summed E-state index contributed by atoms with van der Waals surface area (Å²) in [5.41, 5.74) is 6.66. The van der Waals surface area contributed by atoms with E-state index in [1.807, 2.05) is 0 Å². The van der Waals surface area contributed by atoms with Gasteiger partial charge in [0.1, 0.15) is 0 Å². The van der Waals surface area contributed by atoms with Gasteiger partial charge in [-0.3, -0.25) is 0 Å². The molecule has 0 bridgehead atoms. The van der Waals surface area contributed by atoms with Crippen LogP contribution in [-0.2, 0) is 14.8 Å². The van der Waals surface area contributed by atoms with Crippen LogP contribution in [0, 0.1) is 6.92 Å². The monoisotopic (exact) mass is 322 g/mol. The minimum atomic E-state index is -3.70. The third-order valence-electron chi connectivity index (χ3n) is 2.80. The van der Waals surface area contributed by atoms with Gasteiger partial charge in [0.15, 0.2) is 0 Å². The second-order valence-corrected chi connectivity index (χ2v) is 6.59. The van der Waals surface area contributed by atoms with Crippen molar-refractivity contribution in [3.8, 4) is 0 Å². The zero-order valence-electron chi connectivity index (χ0n) is 11.4. The van der Waals surface area contributed by atoms with Crippen molar-refractivity contribution in [2.75, 3.05) is 26.0 Å². The van der Waals surface area contributed by atoms with E-state index < -0.39 is 16.1 Å². The SMILES string of the molecule is COCC(O)CCNS(=O)(=O)c1cc(N)c(C)c(Cl)c1. The van der Waals surface area contributed by atoms with E-state index >= 15 is 0 Å². The predicted molar refractivity (Wildman–Crippen MR) is 78.3 cm³/mol. The van der Waals surface area contributed by atoms with Crippen LogP contribution in [0.25, 0.3) is 0 Å². The molecule has 6 nitrogen and oxygen atoms in total. The molecule has 0 heterocycles. The van der Waals surface area contributed by atoms with Gasteiger partial charge in [0, 0.05) is 24.4 Å². The Labute approximate surface area is 123 Å². The number of aliphatic hydroxyl groups excluding tert-OH is 1. The van der Waals surface area contributed by atoms with Gasteiger partial charge in [-0.1, -0.05) is 11.6 Å². The molecule has 0 aliphatic rings. The Morgan fingerprint density at radius 1 is 1.50 bits per heavy atom. The van der Waals surface area contributed by atoms with Gasteiger partial charge >= 0.3 is 0 Å². The van der Waals surface area contributed by atoms with Gasteiger partial charge < -0.3 is 15.6 Å². The lowest BCUT2D eigenvalue weighted by atomic mass is 10.2. The second-order valence-electron chi connectivity index (χ2n) is 4.41. The number of sulfonamides is 1. The average Bonchev–Trinajstić information content (AvgIpc) is 2.35. The molecular weight excluding hydrogens is 304 g/mol. The summed E-state index contributed by atoms with van der Waals surface area (Å²) in [4.78, 5) is 0.00633. The maximum absolute atomic E-state index is 12.0. The predicted octanol–water partition coefficient (Wildman–Crippen LogP) is 0.906. The first-order valence-corrected chi connectivity index (χ1v) is 7.86. The van der Waals surface area contributed by atoms with Crippen LogP contribution in [0.4, 0.5) is 5.69 Å². The molecule has 1 rings (SSSR count). The number of hydrogen-bond acceptors (Lipinski definition) is 5. The Morgan fingerprint density at radius 2 is 2.15 bits per heavy atom. The van der Waals surface area contributed by atoms with Crippen molar-refractivity contribution in [1.29, 1.82) is 0 Å². The van der Waals surface area contributed by atoms with Crippen LogP contribution in [0.5, 0.6) is 0 Å². The fourth-order valence-corrected chi connectivity index (χ4v) is 2.95. The summed E-state index contributed by atoms with van der Waals surface area (Å²) >= 11 is 5.92. The number of benzene rings is 1. The van der Waals surface area contributed by atoms with Crippen LogP contribution in [-0.4, -0.2) is 39.9 Å². The minimum Gasteiger partial charge on any atom is -0.398 e. The van der Waals surface area contributed by atoms with Gasteiger partial charge in [0.2, 0.25) is 10.0 Å². The Hall–Kier alpha value is -0.860. The number of aliphatic hydroxyl groups is 1. The fraction of sp³-hybridized carbons (Fsp3) is 0.500. The molecule has 0 radical (unpaired) electrons. The number of hydrogen-bond donors (Lipinski definition) is 3. The van der Waals surface area contributed by atoms with Gasteiger partial charge in [-0.2, -0.15) is 0 Å². The van der Waals surface area contributed by atoms with Gasteiger partial charge in [-0.05, 0) is 31.0 Å².